The maximum atomic E-state index is 13.6. The van der Waals surface area contributed by atoms with Crippen LogP contribution in [0.1, 0.15) is 10.4 Å². The minimum Gasteiger partial charge on any atom is -0.465 e. The number of benzene rings is 3. The molecule has 0 saturated carbocycles. The number of esters is 1. The summed E-state index contributed by atoms with van der Waals surface area (Å²) in [5.41, 5.74) is 0.0924. The zero-order chi connectivity index (χ0) is 18.0. The topological polar surface area (TPSA) is 72.5 Å². The van der Waals surface area contributed by atoms with Crippen LogP contribution in [0.2, 0.25) is 0 Å². The van der Waals surface area contributed by atoms with E-state index in [1.54, 1.807) is 24.3 Å². The normalized spacial score (nSPS) is 11.3. The Morgan fingerprint density at radius 3 is 2.52 bits per heavy atom. The van der Waals surface area contributed by atoms with Gasteiger partial charge in [0.05, 0.1) is 18.4 Å². The molecule has 0 amide bonds. The Hall–Kier alpha value is -2.93. The molecule has 0 saturated heterocycles. The highest BCUT2D eigenvalue weighted by molar-refractivity contribution is 7.92. The first-order chi connectivity index (χ1) is 11.9. The average Bonchev–Trinajstić information content (AvgIpc) is 2.61. The first-order valence-electron chi connectivity index (χ1n) is 7.31. The molecule has 3 rings (SSSR count). The maximum Gasteiger partial charge on any atom is 0.339 e. The lowest BCUT2D eigenvalue weighted by Crippen LogP contribution is -2.18. The second-order valence-corrected chi connectivity index (χ2v) is 6.92. The van der Waals surface area contributed by atoms with E-state index in [0.717, 1.165) is 30.7 Å². The Balaban J connectivity index is 2.11. The SMILES string of the molecule is COC(=O)c1ccc(F)cc1S(=O)(=O)Nc1cccc2ccccc12. The lowest BCUT2D eigenvalue weighted by atomic mass is 10.1. The predicted octanol–water partition coefficient (Wildman–Crippen LogP) is 3.57. The molecule has 1 N–H and O–H groups in total. The Morgan fingerprint density at radius 2 is 1.76 bits per heavy atom. The van der Waals surface area contributed by atoms with Gasteiger partial charge in [-0.25, -0.2) is 17.6 Å². The van der Waals surface area contributed by atoms with E-state index < -0.39 is 26.7 Å². The number of fused-ring (bicyclic) bond motifs is 1. The van der Waals surface area contributed by atoms with Crippen molar-refractivity contribution in [2.75, 3.05) is 11.8 Å². The molecule has 3 aromatic rings. The Morgan fingerprint density at radius 1 is 1.04 bits per heavy atom. The second-order valence-electron chi connectivity index (χ2n) is 5.26. The first kappa shape index (κ1) is 16.9. The smallest absolute Gasteiger partial charge is 0.339 e. The molecule has 128 valence electrons. The van der Waals surface area contributed by atoms with Gasteiger partial charge in [0.15, 0.2) is 0 Å². The van der Waals surface area contributed by atoms with Gasteiger partial charge < -0.3 is 4.74 Å². The minimum absolute atomic E-state index is 0.239. The fourth-order valence-corrected chi connectivity index (χ4v) is 3.80. The van der Waals surface area contributed by atoms with Crippen LogP contribution >= 0.6 is 0 Å². The third-order valence-electron chi connectivity index (χ3n) is 3.67. The van der Waals surface area contributed by atoms with Crippen molar-refractivity contribution in [1.82, 2.24) is 0 Å². The summed E-state index contributed by atoms with van der Waals surface area (Å²) in [6, 6.07) is 15.2. The van der Waals surface area contributed by atoms with Gasteiger partial charge >= 0.3 is 5.97 Å². The van der Waals surface area contributed by atoms with Crippen molar-refractivity contribution in [3.8, 4) is 0 Å². The number of sulfonamides is 1. The molecule has 0 heterocycles. The number of ether oxygens (including phenoxy) is 1. The van der Waals surface area contributed by atoms with Gasteiger partial charge in [0.1, 0.15) is 10.7 Å². The van der Waals surface area contributed by atoms with Crippen LogP contribution in [0.15, 0.2) is 65.6 Å². The third kappa shape index (κ3) is 3.32. The van der Waals surface area contributed by atoms with Gasteiger partial charge in [0.2, 0.25) is 0 Å². The zero-order valence-corrected chi connectivity index (χ0v) is 14.0. The Labute approximate surface area is 144 Å². The molecule has 3 aromatic carbocycles. The molecule has 0 spiro atoms. The van der Waals surface area contributed by atoms with Crippen LogP contribution in [0.3, 0.4) is 0 Å². The van der Waals surface area contributed by atoms with Crippen molar-refractivity contribution >= 4 is 32.5 Å². The zero-order valence-electron chi connectivity index (χ0n) is 13.2. The largest absolute Gasteiger partial charge is 0.465 e. The highest BCUT2D eigenvalue weighted by Crippen LogP contribution is 2.27. The number of carbonyl (C=O) groups excluding carboxylic acids is 1. The average molecular weight is 359 g/mol. The van der Waals surface area contributed by atoms with Crippen LogP contribution < -0.4 is 4.72 Å². The van der Waals surface area contributed by atoms with E-state index in [0.29, 0.717) is 11.1 Å². The van der Waals surface area contributed by atoms with Gasteiger partial charge in [-0.2, -0.15) is 0 Å². The lowest BCUT2D eigenvalue weighted by molar-refractivity contribution is 0.0596. The standard InChI is InChI=1S/C18H14FNO4S/c1-24-18(21)15-10-9-13(19)11-17(15)25(22,23)20-16-8-4-6-12-5-2-3-7-14(12)16/h2-11,20H,1H3. The Kier molecular flexibility index (Phi) is 4.41. The van der Waals surface area contributed by atoms with E-state index in [4.69, 9.17) is 0 Å². The molecule has 0 fully saturated rings. The highest BCUT2D eigenvalue weighted by Gasteiger charge is 2.24. The van der Waals surface area contributed by atoms with Crippen LogP contribution in [0, 0.1) is 5.82 Å². The summed E-state index contributed by atoms with van der Waals surface area (Å²) < 4.78 is 46.1. The van der Waals surface area contributed by atoms with Crippen molar-refractivity contribution in [3.05, 3.63) is 72.0 Å². The molecule has 0 radical (unpaired) electrons. The monoisotopic (exact) mass is 359 g/mol. The number of rotatable bonds is 4. The van der Waals surface area contributed by atoms with Crippen LogP contribution in [0.4, 0.5) is 10.1 Å². The van der Waals surface area contributed by atoms with Gasteiger partial charge in [0.25, 0.3) is 10.0 Å². The summed E-state index contributed by atoms with van der Waals surface area (Å²) in [7, 11) is -3.08. The molecule has 0 aromatic heterocycles. The summed E-state index contributed by atoms with van der Waals surface area (Å²) in [5, 5.41) is 1.53. The van der Waals surface area contributed by atoms with E-state index in [9.17, 15) is 17.6 Å². The number of halogens is 1. The van der Waals surface area contributed by atoms with Crippen molar-refractivity contribution in [3.63, 3.8) is 0 Å². The molecule has 7 heteroatoms. The summed E-state index contributed by atoms with van der Waals surface area (Å²) in [6.07, 6.45) is 0. The fraction of sp³-hybridized carbons (Fsp3) is 0.0556. The van der Waals surface area contributed by atoms with Crippen molar-refractivity contribution in [2.24, 2.45) is 0 Å². The number of methoxy groups -OCH3 is 1. The van der Waals surface area contributed by atoms with E-state index in [1.807, 2.05) is 18.2 Å². The molecule has 5 nitrogen and oxygen atoms in total. The van der Waals surface area contributed by atoms with Crippen molar-refractivity contribution in [2.45, 2.75) is 4.90 Å². The number of hydrogen-bond donors (Lipinski definition) is 1. The van der Waals surface area contributed by atoms with E-state index in [1.165, 1.54) is 0 Å². The number of hydrogen-bond acceptors (Lipinski definition) is 4. The first-order valence-corrected chi connectivity index (χ1v) is 8.79. The predicted molar refractivity (Wildman–Crippen MR) is 92.5 cm³/mol. The Bertz CT molecular complexity index is 1060. The van der Waals surface area contributed by atoms with Crippen molar-refractivity contribution in [1.29, 1.82) is 0 Å². The molecular weight excluding hydrogens is 345 g/mol. The van der Waals surface area contributed by atoms with Crippen molar-refractivity contribution < 1.29 is 22.3 Å². The summed E-state index contributed by atoms with van der Waals surface area (Å²) in [4.78, 5) is 11.3. The van der Waals surface area contributed by atoms with Crippen LogP contribution in [-0.4, -0.2) is 21.5 Å². The molecular formula is C18H14FNO4S. The lowest BCUT2D eigenvalue weighted by Gasteiger charge is -2.13. The molecule has 0 aliphatic rings. The maximum absolute atomic E-state index is 13.6. The molecule has 0 aliphatic heterocycles. The molecule has 0 atom stereocenters. The van der Waals surface area contributed by atoms with E-state index in [2.05, 4.69) is 9.46 Å². The third-order valence-corrected chi connectivity index (χ3v) is 5.08. The molecule has 0 unspecified atom stereocenters. The van der Waals surface area contributed by atoms with Crippen LogP contribution in [-0.2, 0) is 14.8 Å². The molecule has 25 heavy (non-hydrogen) atoms. The van der Waals surface area contributed by atoms with Gasteiger partial charge in [-0.05, 0) is 29.7 Å². The quantitative estimate of drug-likeness (QED) is 0.723. The molecule has 0 aliphatic carbocycles. The van der Waals surface area contributed by atoms with E-state index in [-0.39, 0.29) is 5.56 Å². The highest BCUT2D eigenvalue weighted by atomic mass is 32.2. The number of anilines is 1. The van der Waals surface area contributed by atoms with Crippen LogP contribution in [0.25, 0.3) is 10.8 Å². The second kappa shape index (κ2) is 6.52. The van der Waals surface area contributed by atoms with E-state index >= 15 is 0 Å². The summed E-state index contributed by atoms with van der Waals surface area (Å²) >= 11 is 0. The fourth-order valence-electron chi connectivity index (χ4n) is 2.51. The number of nitrogens with one attached hydrogen (secondary N) is 1. The minimum atomic E-state index is -4.20. The molecule has 0 bridgehead atoms. The van der Waals surface area contributed by atoms with Gasteiger partial charge in [-0.3, -0.25) is 4.72 Å². The van der Waals surface area contributed by atoms with Gasteiger partial charge in [0, 0.05) is 5.39 Å². The van der Waals surface area contributed by atoms with Gasteiger partial charge in [-0.15, -0.1) is 0 Å². The van der Waals surface area contributed by atoms with Gasteiger partial charge in [-0.1, -0.05) is 36.4 Å². The van der Waals surface area contributed by atoms with Crippen LogP contribution in [0.5, 0.6) is 0 Å². The summed E-state index contributed by atoms with van der Waals surface area (Å²) in [6.45, 7) is 0. The summed E-state index contributed by atoms with van der Waals surface area (Å²) in [5.74, 6) is -1.63. The number of carbonyl (C=O) groups is 1.